The molecule has 0 spiro atoms. The van der Waals surface area contributed by atoms with Gasteiger partial charge in [0.2, 0.25) is 0 Å². The van der Waals surface area contributed by atoms with Crippen molar-refractivity contribution in [2.75, 3.05) is 0 Å². The van der Waals surface area contributed by atoms with Crippen LogP contribution in [0.2, 0.25) is 0 Å². The SMILES string of the molecule is C[C@@H]1CCC[C@@]2(C)O[C@@H]2[C@H]2OC(=O)[C@@H](C)[C@H]2CC1. The van der Waals surface area contributed by atoms with Gasteiger partial charge in [0, 0.05) is 5.92 Å². The zero-order valence-corrected chi connectivity index (χ0v) is 11.6. The molecule has 0 aromatic carbocycles. The quantitative estimate of drug-likeness (QED) is 0.491. The molecule has 3 aliphatic rings. The molecule has 0 aromatic heterocycles. The van der Waals surface area contributed by atoms with Crippen molar-refractivity contribution in [3.05, 3.63) is 0 Å². The molecule has 6 atom stereocenters. The predicted octanol–water partition coefficient (Wildman–Crippen LogP) is 2.92. The number of ether oxygens (including phenoxy) is 2. The summed E-state index contributed by atoms with van der Waals surface area (Å²) in [6.07, 6.45) is 6.12. The lowest BCUT2D eigenvalue weighted by Crippen LogP contribution is -2.30. The van der Waals surface area contributed by atoms with Crippen LogP contribution in [0.3, 0.4) is 0 Å². The number of hydrogen-bond acceptors (Lipinski definition) is 3. The fourth-order valence-corrected chi connectivity index (χ4v) is 3.78. The van der Waals surface area contributed by atoms with Crippen LogP contribution in [0.1, 0.15) is 52.9 Å². The van der Waals surface area contributed by atoms with E-state index in [2.05, 4.69) is 13.8 Å². The van der Waals surface area contributed by atoms with Crippen molar-refractivity contribution in [3.8, 4) is 0 Å². The lowest BCUT2D eigenvalue weighted by molar-refractivity contribution is -0.144. The van der Waals surface area contributed by atoms with Gasteiger partial charge in [0.25, 0.3) is 0 Å². The summed E-state index contributed by atoms with van der Waals surface area (Å²) in [5.41, 5.74) is -0.0235. The maximum atomic E-state index is 11.8. The van der Waals surface area contributed by atoms with E-state index in [9.17, 15) is 4.79 Å². The van der Waals surface area contributed by atoms with Crippen molar-refractivity contribution in [1.29, 1.82) is 0 Å². The second-order valence-electron chi connectivity index (χ2n) is 6.78. The highest BCUT2D eigenvalue weighted by molar-refractivity contribution is 5.75. The third-order valence-corrected chi connectivity index (χ3v) is 5.29. The maximum absolute atomic E-state index is 11.8. The highest BCUT2D eigenvalue weighted by atomic mass is 16.6. The second-order valence-corrected chi connectivity index (χ2v) is 6.78. The molecule has 0 bridgehead atoms. The van der Waals surface area contributed by atoms with E-state index < -0.39 is 0 Å². The molecular weight excluding hydrogens is 228 g/mol. The van der Waals surface area contributed by atoms with E-state index in [-0.39, 0.29) is 29.7 Å². The molecule has 2 heterocycles. The Morgan fingerprint density at radius 2 is 2.00 bits per heavy atom. The summed E-state index contributed by atoms with van der Waals surface area (Å²) in [5.74, 6) is 1.15. The first kappa shape index (κ1) is 12.5. The van der Waals surface area contributed by atoms with Gasteiger partial charge in [-0.1, -0.05) is 33.1 Å². The van der Waals surface area contributed by atoms with Gasteiger partial charge < -0.3 is 9.47 Å². The van der Waals surface area contributed by atoms with Crippen LogP contribution in [-0.2, 0) is 14.3 Å². The largest absolute Gasteiger partial charge is 0.459 e. The Morgan fingerprint density at radius 1 is 1.22 bits per heavy atom. The first-order valence-corrected chi connectivity index (χ1v) is 7.39. The molecule has 18 heavy (non-hydrogen) atoms. The van der Waals surface area contributed by atoms with Crippen LogP contribution in [-0.4, -0.2) is 23.8 Å². The fraction of sp³-hybridized carbons (Fsp3) is 0.933. The summed E-state index contributed by atoms with van der Waals surface area (Å²) in [6, 6.07) is 0. The van der Waals surface area contributed by atoms with Crippen molar-refractivity contribution < 1.29 is 14.3 Å². The van der Waals surface area contributed by atoms with E-state index in [1.807, 2.05) is 6.92 Å². The van der Waals surface area contributed by atoms with Gasteiger partial charge in [0.15, 0.2) is 0 Å². The fourth-order valence-electron chi connectivity index (χ4n) is 3.78. The summed E-state index contributed by atoms with van der Waals surface area (Å²) in [7, 11) is 0. The Kier molecular flexibility index (Phi) is 2.92. The molecule has 2 aliphatic heterocycles. The van der Waals surface area contributed by atoms with E-state index in [1.54, 1.807) is 0 Å². The summed E-state index contributed by atoms with van der Waals surface area (Å²) in [4.78, 5) is 11.8. The molecule has 0 N–H and O–H groups in total. The number of carbonyl (C=O) groups excluding carboxylic acids is 1. The smallest absolute Gasteiger partial charge is 0.309 e. The van der Waals surface area contributed by atoms with Crippen molar-refractivity contribution >= 4 is 5.97 Å². The topological polar surface area (TPSA) is 38.8 Å². The minimum atomic E-state index is -0.0235. The Labute approximate surface area is 109 Å². The third-order valence-electron chi connectivity index (χ3n) is 5.29. The van der Waals surface area contributed by atoms with Crippen LogP contribution >= 0.6 is 0 Å². The number of rotatable bonds is 0. The van der Waals surface area contributed by atoms with Crippen LogP contribution in [0.4, 0.5) is 0 Å². The molecule has 3 nitrogen and oxygen atoms in total. The van der Waals surface area contributed by atoms with Gasteiger partial charge in [-0.05, 0) is 25.7 Å². The molecule has 3 rings (SSSR count). The molecule has 1 saturated carbocycles. The van der Waals surface area contributed by atoms with E-state index >= 15 is 0 Å². The summed E-state index contributed by atoms with van der Waals surface area (Å²) in [5, 5.41) is 0. The number of fused-ring (bicyclic) bond motifs is 3. The minimum absolute atomic E-state index is 0.0165. The second kappa shape index (κ2) is 4.22. The van der Waals surface area contributed by atoms with Crippen molar-refractivity contribution in [2.45, 2.75) is 70.7 Å². The minimum Gasteiger partial charge on any atom is -0.459 e. The van der Waals surface area contributed by atoms with Gasteiger partial charge in [-0.15, -0.1) is 0 Å². The van der Waals surface area contributed by atoms with E-state index in [4.69, 9.17) is 9.47 Å². The zero-order valence-electron chi connectivity index (χ0n) is 11.6. The average molecular weight is 252 g/mol. The molecular formula is C15H24O3. The summed E-state index contributed by atoms with van der Waals surface area (Å²) >= 11 is 0. The summed E-state index contributed by atoms with van der Waals surface area (Å²) < 4.78 is 11.5. The molecule has 102 valence electrons. The van der Waals surface area contributed by atoms with Gasteiger partial charge in [0.05, 0.1) is 11.5 Å². The Bertz CT molecular complexity index is 354. The number of carbonyl (C=O) groups is 1. The highest BCUT2D eigenvalue weighted by Gasteiger charge is 2.62. The monoisotopic (exact) mass is 252 g/mol. The third kappa shape index (κ3) is 1.97. The number of esters is 1. The van der Waals surface area contributed by atoms with Crippen molar-refractivity contribution in [3.63, 3.8) is 0 Å². The first-order chi connectivity index (χ1) is 8.51. The van der Waals surface area contributed by atoms with Crippen molar-refractivity contribution in [1.82, 2.24) is 0 Å². The lowest BCUT2D eigenvalue weighted by Gasteiger charge is -2.23. The summed E-state index contributed by atoms with van der Waals surface area (Å²) in [6.45, 7) is 6.52. The molecule has 0 aromatic rings. The molecule has 1 aliphatic carbocycles. The van der Waals surface area contributed by atoms with Gasteiger partial charge in [-0.3, -0.25) is 4.79 Å². The molecule has 3 heteroatoms. The van der Waals surface area contributed by atoms with Crippen LogP contribution in [0, 0.1) is 17.8 Å². The zero-order chi connectivity index (χ0) is 12.9. The Hall–Kier alpha value is -0.570. The number of hydrogen-bond donors (Lipinski definition) is 0. The Morgan fingerprint density at radius 3 is 2.78 bits per heavy atom. The first-order valence-electron chi connectivity index (χ1n) is 7.39. The van der Waals surface area contributed by atoms with Crippen LogP contribution < -0.4 is 0 Å². The van der Waals surface area contributed by atoms with E-state index in [1.165, 1.54) is 19.3 Å². The van der Waals surface area contributed by atoms with Gasteiger partial charge in [-0.25, -0.2) is 0 Å². The average Bonchev–Trinajstić information content (AvgIpc) is 2.90. The maximum Gasteiger partial charge on any atom is 0.309 e. The Balaban J connectivity index is 1.80. The van der Waals surface area contributed by atoms with Crippen molar-refractivity contribution in [2.24, 2.45) is 17.8 Å². The molecule has 3 fully saturated rings. The van der Waals surface area contributed by atoms with Crippen LogP contribution in [0.5, 0.6) is 0 Å². The number of epoxide rings is 1. The molecule has 2 saturated heterocycles. The predicted molar refractivity (Wildman–Crippen MR) is 68.1 cm³/mol. The van der Waals surface area contributed by atoms with E-state index in [0.29, 0.717) is 5.92 Å². The standard InChI is InChI=1S/C15H24O3/c1-9-5-4-8-15(3)13(18-15)12-11(7-6-9)10(2)14(16)17-12/h9-13H,4-8H2,1-3H3/t9-,10+,11-,12+,13-,15-/m1/s1. The van der Waals surface area contributed by atoms with Crippen LogP contribution in [0.15, 0.2) is 0 Å². The molecule has 0 radical (unpaired) electrons. The van der Waals surface area contributed by atoms with Gasteiger partial charge in [-0.2, -0.15) is 0 Å². The highest BCUT2D eigenvalue weighted by Crippen LogP contribution is 2.50. The lowest BCUT2D eigenvalue weighted by atomic mass is 9.79. The van der Waals surface area contributed by atoms with Gasteiger partial charge in [0.1, 0.15) is 12.2 Å². The molecule has 0 amide bonds. The van der Waals surface area contributed by atoms with Gasteiger partial charge >= 0.3 is 5.97 Å². The molecule has 0 unspecified atom stereocenters. The van der Waals surface area contributed by atoms with Crippen LogP contribution in [0.25, 0.3) is 0 Å². The van der Waals surface area contributed by atoms with E-state index in [0.717, 1.165) is 18.8 Å². The normalized spacial score (nSPS) is 52.2.